The largest absolute Gasteiger partial charge is 0.456 e. The van der Waals surface area contributed by atoms with Crippen LogP contribution < -0.4 is 4.74 Å². The number of hydrogen-bond donors (Lipinski definition) is 0. The Hall–Kier alpha value is -1.81. The van der Waals surface area contributed by atoms with Crippen LogP contribution >= 0.6 is 15.9 Å². The molecule has 102 valence electrons. The van der Waals surface area contributed by atoms with Gasteiger partial charge in [-0.05, 0) is 53.0 Å². The summed E-state index contributed by atoms with van der Waals surface area (Å²) in [5.41, 5.74) is 3.21. The van der Waals surface area contributed by atoms with Gasteiger partial charge >= 0.3 is 0 Å². The molecule has 2 aromatic carbocycles. The molecule has 0 spiro atoms. The van der Waals surface area contributed by atoms with E-state index >= 15 is 0 Å². The number of aromatic nitrogens is 2. The highest BCUT2D eigenvalue weighted by Gasteiger charge is 2.10. The number of aryl methyl sites for hydroxylation is 3. The molecular formula is C16H15BrN2O. The molecule has 0 aliphatic heterocycles. The van der Waals surface area contributed by atoms with Crippen LogP contribution in [0.1, 0.15) is 11.1 Å². The Morgan fingerprint density at radius 2 is 1.85 bits per heavy atom. The van der Waals surface area contributed by atoms with Crippen LogP contribution in [0.15, 0.2) is 41.0 Å². The molecule has 0 aliphatic carbocycles. The summed E-state index contributed by atoms with van der Waals surface area (Å²) in [6, 6.07) is 10.1. The normalized spacial score (nSPS) is 11.0. The molecule has 3 aromatic rings. The third-order valence-electron chi connectivity index (χ3n) is 3.29. The van der Waals surface area contributed by atoms with Gasteiger partial charge in [0.05, 0.1) is 9.99 Å². The zero-order chi connectivity index (χ0) is 14.3. The Balaban J connectivity index is 2.08. The van der Waals surface area contributed by atoms with Crippen molar-refractivity contribution in [3.63, 3.8) is 0 Å². The number of rotatable bonds is 2. The Morgan fingerprint density at radius 3 is 2.55 bits per heavy atom. The van der Waals surface area contributed by atoms with Gasteiger partial charge in [0.15, 0.2) is 0 Å². The quantitative estimate of drug-likeness (QED) is 0.678. The number of nitrogens with zero attached hydrogens (tertiary/aromatic N) is 2. The first-order valence-corrected chi connectivity index (χ1v) is 7.21. The number of halogens is 1. The zero-order valence-corrected chi connectivity index (χ0v) is 13.2. The number of benzene rings is 2. The first-order valence-electron chi connectivity index (χ1n) is 6.41. The van der Waals surface area contributed by atoms with E-state index in [-0.39, 0.29) is 0 Å². The Bertz CT molecular complexity index is 772. The molecule has 0 radical (unpaired) electrons. The number of para-hydroxylation sites is 1. The zero-order valence-electron chi connectivity index (χ0n) is 11.6. The maximum Gasteiger partial charge on any atom is 0.142 e. The lowest BCUT2D eigenvalue weighted by Crippen LogP contribution is -1.91. The number of hydrogen-bond acceptors (Lipinski definition) is 2. The van der Waals surface area contributed by atoms with Crippen molar-refractivity contribution < 1.29 is 4.74 Å². The van der Waals surface area contributed by atoms with Gasteiger partial charge in [-0.1, -0.05) is 18.2 Å². The van der Waals surface area contributed by atoms with E-state index in [2.05, 4.69) is 47.0 Å². The molecule has 0 N–H and O–H groups in total. The van der Waals surface area contributed by atoms with Crippen LogP contribution in [0.25, 0.3) is 10.9 Å². The van der Waals surface area contributed by atoms with E-state index in [0.29, 0.717) is 0 Å². The van der Waals surface area contributed by atoms with Crippen LogP contribution in [0.4, 0.5) is 0 Å². The highest BCUT2D eigenvalue weighted by molar-refractivity contribution is 9.10. The first kappa shape index (κ1) is 13.2. The summed E-state index contributed by atoms with van der Waals surface area (Å²) < 4.78 is 8.82. The fourth-order valence-electron chi connectivity index (χ4n) is 2.30. The third kappa shape index (κ3) is 2.31. The summed E-state index contributed by atoms with van der Waals surface area (Å²) in [7, 11) is 1.92. The molecule has 0 unspecified atom stereocenters. The summed E-state index contributed by atoms with van der Waals surface area (Å²) in [5, 5.41) is 5.45. The first-order chi connectivity index (χ1) is 9.54. The van der Waals surface area contributed by atoms with Gasteiger partial charge in [-0.2, -0.15) is 5.10 Å². The average Bonchev–Trinajstić information content (AvgIpc) is 2.73. The second-order valence-electron chi connectivity index (χ2n) is 4.97. The maximum atomic E-state index is 6.10. The molecule has 1 aromatic heterocycles. The minimum Gasteiger partial charge on any atom is -0.456 e. The van der Waals surface area contributed by atoms with Gasteiger partial charge in [0, 0.05) is 18.6 Å². The predicted molar refractivity (Wildman–Crippen MR) is 84.4 cm³/mol. The van der Waals surface area contributed by atoms with E-state index in [1.165, 1.54) is 0 Å². The van der Waals surface area contributed by atoms with Gasteiger partial charge < -0.3 is 4.74 Å². The van der Waals surface area contributed by atoms with E-state index in [4.69, 9.17) is 4.74 Å². The molecule has 0 bridgehead atoms. The van der Waals surface area contributed by atoms with Gasteiger partial charge in [0.25, 0.3) is 0 Å². The van der Waals surface area contributed by atoms with E-state index in [1.54, 1.807) is 4.68 Å². The SMILES string of the molecule is Cc1cccc(C)c1Oc1cc2cn(C)nc2cc1Br. The molecule has 3 rings (SSSR count). The van der Waals surface area contributed by atoms with E-state index in [1.807, 2.05) is 31.4 Å². The molecular weight excluding hydrogens is 316 g/mol. The lowest BCUT2D eigenvalue weighted by atomic mass is 10.1. The van der Waals surface area contributed by atoms with Crippen LogP contribution in [-0.4, -0.2) is 9.78 Å². The van der Waals surface area contributed by atoms with Gasteiger partial charge in [0.1, 0.15) is 11.5 Å². The van der Waals surface area contributed by atoms with E-state index < -0.39 is 0 Å². The van der Waals surface area contributed by atoms with Crippen molar-refractivity contribution in [1.82, 2.24) is 9.78 Å². The van der Waals surface area contributed by atoms with Crippen molar-refractivity contribution in [3.8, 4) is 11.5 Å². The van der Waals surface area contributed by atoms with Crippen molar-refractivity contribution in [2.75, 3.05) is 0 Å². The summed E-state index contributed by atoms with van der Waals surface area (Å²) >= 11 is 3.56. The molecule has 20 heavy (non-hydrogen) atoms. The fraction of sp³-hybridized carbons (Fsp3) is 0.188. The number of fused-ring (bicyclic) bond motifs is 1. The topological polar surface area (TPSA) is 27.1 Å². The Morgan fingerprint density at radius 1 is 1.15 bits per heavy atom. The van der Waals surface area contributed by atoms with Crippen molar-refractivity contribution in [2.24, 2.45) is 7.05 Å². The third-order valence-corrected chi connectivity index (χ3v) is 3.91. The number of ether oxygens (including phenoxy) is 1. The Labute approximate surface area is 126 Å². The van der Waals surface area contributed by atoms with Crippen LogP contribution in [0.5, 0.6) is 11.5 Å². The van der Waals surface area contributed by atoms with Gasteiger partial charge in [-0.3, -0.25) is 4.68 Å². The maximum absolute atomic E-state index is 6.10. The van der Waals surface area contributed by atoms with E-state index in [9.17, 15) is 0 Å². The van der Waals surface area contributed by atoms with Crippen LogP contribution in [-0.2, 0) is 7.05 Å². The molecule has 0 fully saturated rings. The lowest BCUT2D eigenvalue weighted by molar-refractivity contribution is 0.473. The molecule has 0 amide bonds. The van der Waals surface area contributed by atoms with Crippen LogP contribution in [0.3, 0.4) is 0 Å². The van der Waals surface area contributed by atoms with Crippen LogP contribution in [0.2, 0.25) is 0 Å². The predicted octanol–water partition coefficient (Wildman–Crippen LogP) is 4.74. The highest BCUT2D eigenvalue weighted by atomic mass is 79.9. The van der Waals surface area contributed by atoms with Gasteiger partial charge in [0.2, 0.25) is 0 Å². The molecule has 0 saturated heterocycles. The summed E-state index contributed by atoms with van der Waals surface area (Å²) in [6.07, 6.45) is 1.99. The summed E-state index contributed by atoms with van der Waals surface area (Å²) in [5.74, 6) is 1.72. The van der Waals surface area contributed by atoms with E-state index in [0.717, 1.165) is 38.0 Å². The van der Waals surface area contributed by atoms with Crippen molar-refractivity contribution in [1.29, 1.82) is 0 Å². The molecule has 4 heteroatoms. The second kappa shape index (κ2) is 4.94. The minimum atomic E-state index is 0.808. The van der Waals surface area contributed by atoms with Crippen molar-refractivity contribution in [2.45, 2.75) is 13.8 Å². The highest BCUT2D eigenvalue weighted by Crippen LogP contribution is 2.35. The summed E-state index contributed by atoms with van der Waals surface area (Å²) in [6.45, 7) is 4.11. The van der Waals surface area contributed by atoms with Crippen molar-refractivity contribution >= 4 is 26.8 Å². The monoisotopic (exact) mass is 330 g/mol. The smallest absolute Gasteiger partial charge is 0.142 e. The lowest BCUT2D eigenvalue weighted by Gasteiger charge is -2.12. The van der Waals surface area contributed by atoms with Gasteiger partial charge in [-0.25, -0.2) is 0 Å². The van der Waals surface area contributed by atoms with Crippen molar-refractivity contribution in [3.05, 3.63) is 52.1 Å². The molecule has 0 atom stereocenters. The molecule has 0 saturated carbocycles. The van der Waals surface area contributed by atoms with Crippen LogP contribution in [0, 0.1) is 13.8 Å². The standard InChI is InChI=1S/C16H15BrN2O/c1-10-5-4-6-11(2)16(10)20-15-7-12-9-19(3)18-14(12)8-13(15)17/h4-9H,1-3H3. The average molecular weight is 331 g/mol. The Kier molecular flexibility index (Phi) is 3.26. The molecule has 3 nitrogen and oxygen atoms in total. The molecule has 0 aliphatic rings. The van der Waals surface area contributed by atoms with Gasteiger partial charge in [-0.15, -0.1) is 0 Å². The molecule has 1 heterocycles. The summed E-state index contributed by atoms with van der Waals surface area (Å²) in [4.78, 5) is 0. The fourth-order valence-corrected chi connectivity index (χ4v) is 2.71. The minimum absolute atomic E-state index is 0.808. The second-order valence-corrected chi connectivity index (χ2v) is 5.82.